The summed E-state index contributed by atoms with van der Waals surface area (Å²) in [7, 11) is 1.94. The molecule has 1 aromatic carbocycles. The third kappa shape index (κ3) is 2.65. The van der Waals surface area contributed by atoms with Crippen LogP contribution in [0.3, 0.4) is 0 Å². The van der Waals surface area contributed by atoms with Gasteiger partial charge in [0.05, 0.1) is 5.69 Å². The minimum atomic E-state index is 0.751. The fourth-order valence-electron chi connectivity index (χ4n) is 1.86. The Hall–Kier alpha value is -1.01. The molecule has 0 aliphatic rings. The van der Waals surface area contributed by atoms with Crippen LogP contribution >= 0.6 is 34.7 Å². The summed E-state index contributed by atoms with van der Waals surface area (Å²) in [6, 6.07) is 7.85. The standard InChI is InChI=1S/C13H12ClN3S2/c1-15-8-11-12(16-13-17(11)5-6-18-13)19-10-4-2-3-9(14)7-10/h2-7,15H,8H2,1H3. The Morgan fingerprint density at radius 1 is 1.47 bits per heavy atom. The summed E-state index contributed by atoms with van der Waals surface area (Å²) in [6.07, 6.45) is 2.06. The molecule has 3 rings (SSSR count). The number of fused-ring (bicyclic) bond motifs is 1. The van der Waals surface area contributed by atoms with Crippen LogP contribution in [0.1, 0.15) is 5.69 Å². The molecule has 6 heteroatoms. The van der Waals surface area contributed by atoms with E-state index in [1.54, 1.807) is 23.1 Å². The average molecular weight is 310 g/mol. The second-order valence-electron chi connectivity index (χ2n) is 4.01. The molecule has 0 atom stereocenters. The molecule has 3 aromatic rings. The summed E-state index contributed by atoms with van der Waals surface area (Å²) in [6.45, 7) is 0.792. The molecular weight excluding hydrogens is 298 g/mol. The van der Waals surface area contributed by atoms with Crippen molar-refractivity contribution in [1.82, 2.24) is 14.7 Å². The molecule has 0 fully saturated rings. The highest BCUT2D eigenvalue weighted by molar-refractivity contribution is 7.99. The monoisotopic (exact) mass is 309 g/mol. The van der Waals surface area contributed by atoms with Crippen LogP contribution in [0.5, 0.6) is 0 Å². The molecule has 2 heterocycles. The lowest BCUT2D eigenvalue weighted by Crippen LogP contribution is -2.07. The number of halogens is 1. The molecule has 0 bridgehead atoms. The number of nitrogens with one attached hydrogen (secondary N) is 1. The molecule has 98 valence electrons. The number of hydrogen-bond acceptors (Lipinski definition) is 4. The number of benzene rings is 1. The number of nitrogens with zero attached hydrogens (tertiary/aromatic N) is 2. The van der Waals surface area contributed by atoms with Crippen LogP contribution in [-0.2, 0) is 6.54 Å². The zero-order valence-electron chi connectivity index (χ0n) is 10.3. The highest BCUT2D eigenvalue weighted by atomic mass is 35.5. The second-order valence-corrected chi connectivity index (χ2v) is 6.38. The first-order valence-corrected chi connectivity index (χ1v) is 7.88. The molecule has 0 aliphatic carbocycles. The Balaban J connectivity index is 1.99. The first-order valence-electron chi connectivity index (χ1n) is 5.80. The van der Waals surface area contributed by atoms with Crippen molar-refractivity contribution >= 4 is 39.7 Å². The second kappa shape index (κ2) is 5.54. The third-order valence-electron chi connectivity index (χ3n) is 2.68. The molecule has 0 amide bonds. The summed E-state index contributed by atoms with van der Waals surface area (Å²) in [5, 5.41) is 7.03. The summed E-state index contributed by atoms with van der Waals surface area (Å²) >= 11 is 9.32. The van der Waals surface area contributed by atoms with Gasteiger partial charge in [-0.2, -0.15) is 0 Å². The summed E-state index contributed by atoms with van der Waals surface area (Å²) in [5.74, 6) is 0. The average Bonchev–Trinajstić information content (AvgIpc) is 2.93. The molecule has 2 aromatic heterocycles. The van der Waals surface area contributed by atoms with E-state index in [1.165, 1.54) is 5.69 Å². The molecule has 19 heavy (non-hydrogen) atoms. The van der Waals surface area contributed by atoms with Gasteiger partial charge >= 0.3 is 0 Å². The van der Waals surface area contributed by atoms with Crippen molar-refractivity contribution in [3.63, 3.8) is 0 Å². The van der Waals surface area contributed by atoms with Gasteiger partial charge in [-0.25, -0.2) is 4.98 Å². The molecule has 1 N–H and O–H groups in total. The largest absolute Gasteiger partial charge is 0.314 e. The number of thiazole rings is 1. The minimum Gasteiger partial charge on any atom is -0.314 e. The predicted molar refractivity (Wildman–Crippen MR) is 81.4 cm³/mol. The summed E-state index contributed by atoms with van der Waals surface area (Å²) in [4.78, 5) is 6.81. The van der Waals surface area contributed by atoms with Gasteiger partial charge < -0.3 is 5.32 Å². The van der Waals surface area contributed by atoms with Crippen molar-refractivity contribution in [3.05, 3.63) is 46.6 Å². The molecule has 0 spiro atoms. The lowest BCUT2D eigenvalue weighted by Gasteiger charge is -2.03. The fourth-order valence-corrected chi connectivity index (χ4v) is 3.89. The Labute approximate surface area is 124 Å². The Morgan fingerprint density at radius 3 is 3.16 bits per heavy atom. The van der Waals surface area contributed by atoms with Crippen molar-refractivity contribution in [1.29, 1.82) is 0 Å². The minimum absolute atomic E-state index is 0.751. The van der Waals surface area contributed by atoms with E-state index >= 15 is 0 Å². The molecule has 0 aliphatic heterocycles. The van der Waals surface area contributed by atoms with E-state index in [9.17, 15) is 0 Å². The van der Waals surface area contributed by atoms with Crippen LogP contribution in [0.2, 0.25) is 5.02 Å². The van der Waals surface area contributed by atoms with Gasteiger partial charge in [0.2, 0.25) is 0 Å². The molecule has 0 radical (unpaired) electrons. The van der Waals surface area contributed by atoms with Gasteiger partial charge in [0.1, 0.15) is 5.03 Å². The van der Waals surface area contributed by atoms with Gasteiger partial charge in [-0.3, -0.25) is 4.40 Å². The van der Waals surface area contributed by atoms with E-state index in [1.807, 2.05) is 31.3 Å². The van der Waals surface area contributed by atoms with Crippen molar-refractivity contribution in [2.75, 3.05) is 7.05 Å². The first kappa shape index (κ1) is 13.0. The normalized spacial score (nSPS) is 11.3. The molecule has 0 saturated heterocycles. The number of rotatable bonds is 4. The highest BCUT2D eigenvalue weighted by Gasteiger charge is 2.13. The van der Waals surface area contributed by atoms with Crippen molar-refractivity contribution < 1.29 is 0 Å². The lowest BCUT2D eigenvalue weighted by molar-refractivity contribution is 0.765. The van der Waals surface area contributed by atoms with Gasteiger partial charge in [0.25, 0.3) is 0 Å². The third-order valence-corrected chi connectivity index (χ3v) is 4.68. The van der Waals surface area contributed by atoms with Crippen molar-refractivity contribution in [3.8, 4) is 0 Å². The van der Waals surface area contributed by atoms with Gasteiger partial charge in [-0.05, 0) is 25.2 Å². The SMILES string of the molecule is CNCc1c(Sc2cccc(Cl)c2)nc2sccn12. The van der Waals surface area contributed by atoms with E-state index in [2.05, 4.69) is 26.3 Å². The lowest BCUT2D eigenvalue weighted by atomic mass is 10.4. The zero-order valence-corrected chi connectivity index (χ0v) is 12.6. The van der Waals surface area contributed by atoms with Crippen LogP contribution in [0.15, 0.2) is 45.8 Å². The molecule has 0 unspecified atom stereocenters. The van der Waals surface area contributed by atoms with E-state index in [4.69, 9.17) is 11.6 Å². The maximum absolute atomic E-state index is 6.02. The van der Waals surface area contributed by atoms with E-state index in [0.29, 0.717) is 0 Å². The quantitative estimate of drug-likeness (QED) is 0.792. The van der Waals surface area contributed by atoms with Crippen LogP contribution in [0.4, 0.5) is 0 Å². The fraction of sp³-hybridized carbons (Fsp3) is 0.154. The number of hydrogen-bond donors (Lipinski definition) is 1. The van der Waals surface area contributed by atoms with Gasteiger partial charge in [-0.15, -0.1) is 11.3 Å². The maximum Gasteiger partial charge on any atom is 0.194 e. The summed E-state index contributed by atoms with van der Waals surface area (Å²) < 4.78 is 2.13. The van der Waals surface area contributed by atoms with Crippen molar-refractivity contribution in [2.24, 2.45) is 0 Å². The van der Waals surface area contributed by atoms with Crippen molar-refractivity contribution in [2.45, 2.75) is 16.5 Å². The highest BCUT2D eigenvalue weighted by Crippen LogP contribution is 2.32. The predicted octanol–water partition coefficient (Wildman–Crippen LogP) is 3.92. The van der Waals surface area contributed by atoms with Crippen LogP contribution in [0.25, 0.3) is 4.96 Å². The van der Waals surface area contributed by atoms with Crippen LogP contribution < -0.4 is 5.32 Å². The van der Waals surface area contributed by atoms with E-state index in [-0.39, 0.29) is 0 Å². The first-order chi connectivity index (χ1) is 9.28. The van der Waals surface area contributed by atoms with E-state index in [0.717, 1.165) is 26.4 Å². The van der Waals surface area contributed by atoms with Crippen LogP contribution in [-0.4, -0.2) is 16.4 Å². The van der Waals surface area contributed by atoms with Gasteiger partial charge in [-0.1, -0.05) is 29.4 Å². The molecular formula is C13H12ClN3S2. The molecule has 3 nitrogen and oxygen atoms in total. The van der Waals surface area contributed by atoms with Crippen LogP contribution in [0, 0.1) is 0 Å². The Kier molecular flexibility index (Phi) is 3.79. The smallest absolute Gasteiger partial charge is 0.194 e. The number of aromatic nitrogens is 2. The topological polar surface area (TPSA) is 29.3 Å². The zero-order chi connectivity index (χ0) is 13.2. The van der Waals surface area contributed by atoms with Gasteiger partial charge in [0, 0.05) is 28.0 Å². The van der Waals surface area contributed by atoms with E-state index < -0.39 is 0 Å². The number of imidazole rings is 1. The maximum atomic E-state index is 6.02. The summed E-state index contributed by atoms with van der Waals surface area (Å²) in [5.41, 5.74) is 1.18. The van der Waals surface area contributed by atoms with Gasteiger partial charge in [0.15, 0.2) is 4.96 Å². The Morgan fingerprint density at radius 2 is 2.37 bits per heavy atom. The molecule has 0 saturated carbocycles. The Bertz CT molecular complexity index is 705.